The number of ether oxygens (including phenoxy) is 2. The van der Waals surface area contributed by atoms with E-state index in [1.165, 1.54) is 0 Å². The molecular formula is C9H17BrO2. The summed E-state index contributed by atoms with van der Waals surface area (Å²) < 4.78 is 10.2. The molecule has 0 saturated heterocycles. The van der Waals surface area contributed by atoms with Crippen LogP contribution >= 0.6 is 15.9 Å². The first kappa shape index (κ1) is 12.1. The monoisotopic (exact) mass is 236 g/mol. The van der Waals surface area contributed by atoms with Gasteiger partial charge in [0.05, 0.1) is 17.0 Å². The summed E-state index contributed by atoms with van der Waals surface area (Å²) in [4.78, 5) is 0. The van der Waals surface area contributed by atoms with E-state index in [0.717, 1.165) is 6.42 Å². The van der Waals surface area contributed by atoms with Crippen LogP contribution in [0.5, 0.6) is 0 Å². The van der Waals surface area contributed by atoms with Gasteiger partial charge in [0.2, 0.25) is 0 Å². The number of halogens is 1. The molecule has 0 fully saturated rings. The van der Waals surface area contributed by atoms with E-state index in [1.54, 1.807) is 14.2 Å². The summed E-state index contributed by atoms with van der Waals surface area (Å²) >= 11 is 3.61. The fourth-order valence-electron chi connectivity index (χ4n) is 1.03. The minimum atomic E-state index is -0.141. The summed E-state index contributed by atoms with van der Waals surface area (Å²) in [7, 11) is 3.38. The Morgan fingerprint density at radius 3 is 2.50 bits per heavy atom. The van der Waals surface area contributed by atoms with Gasteiger partial charge in [-0.2, -0.15) is 0 Å². The Morgan fingerprint density at radius 1 is 1.58 bits per heavy atom. The van der Waals surface area contributed by atoms with Gasteiger partial charge in [-0.3, -0.25) is 0 Å². The molecule has 0 spiro atoms. The highest BCUT2D eigenvalue weighted by Gasteiger charge is 2.32. The summed E-state index contributed by atoms with van der Waals surface area (Å²) in [5.74, 6) is 0. The maximum Gasteiger partial charge on any atom is 0.0782 e. The lowest BCUT2D eigenvalue weighted by Crippen LogP contribution is -2.39. The van der Waals surface area contributed by atoms with Crippen molar-refractivity contribution in [1.82, 2.24) is 0 Å². The van der Waals surface area contributed by atoms with Gasteiger partial charge in [-0.25, -0.2) is 0 Å². The van der Waals surface area contributed by atoms with Crippen LogP contribution in [0.2, 0.25) is 0 Å². The van der Waals surface area contributed by atoms with Gasteiger partial charge in [-0.1, -0.05) is 22.0 Å². The van der Waals surface area contributed by atoms with E-state index in [-0.39, 0.29) is 10.4 Å². The maximum atomic E-state index is 5.25. The van der Waals surface area contributed by atoms with Crippen molar-refractivity contribution < 1.29 is 9.47 Å². The van der Waals surface area contributed by atoms with Crippen LogP contribution in [0.3, 0.4) is 0 Å². The van der Waals surface area contributed by atoms with Crippen LogP contribution in [-0.2, 0) is 9.47 Å². The Labute approximate surface area is 83.1 Å². The van der Waals surface area contributed by atoms with Gasteiger partial charge in [0.25, 0.3) is 0 Å². The zero-order valence-electron chi connectivity index (χ0n) is 7.97. The van der Waals surface area contributed by atoms with E-state index < -0.39 is 0 Å². The molecule has 0 saturated carbocycles. The average Bonchev–Trinajstić information content (AvgIpc) is 2.04. The molecule has 0 aliphatic carbocycles. The van der Waals surface area contributed by atoms with Gasteiger partial charge in [-0.15, -0.1) is 6.58 Å². The Bertz CT molecular complexity index is 138. The highest BCUT2D eigenvalue weighted by atomic mass is 79.9. The van der Waals surface area contributed by atoms with Gasteiger partial charge in [0, 0.05) is 14.2 Å². The summed E-state index contributed by atoms with van der Waals surface area (Å²) in [6.45, 7) is 6.33. The molecule has 0 aliphatic rings. The highest BCUT2D eigenvalue weighted by Crippen LogP contribution is 2.29. The molecule has 0 aromatic rings. The van der Waals surface area contributed by atoms with Crippen LogP contribution in [0.15, 0.2) is 12.7 Å². The summed E-state index contributed by atoms with van der Waals surface area (Å²) in [6, 6.07) is 0. The van der Waals surface area contributed by atoms with E-state index >= 15 is 0 Å². The standard InChI is InChI=1S/C9H17BrO2/c1-5-6-9(10,7-11-3)8(2)12-4/h5,8H,1,6-7H2,2-4H3. The fourth-order valence-corrected chi connectivity index (χ4v) is 1.68. The van der Waals surface area contributed by atoms with Crippen LogP contribution < -0.4 is 0 Å². The van der Waals surface area contributed by atoms with Crippen molar-refractivity contribution in [3.05, 3.63) is 12.7 Å². The van der Waals surface area contributed by atoms with Crippen LogP contribution in [-0.4, -0.2) is 31.3 Å². The quantitative estimate of drug-likeness (QED) is 0.521. The lowest BCUT2D eigenvalue weighted by molar-refractivity contribution is 0.0479. The molecule has 0 aromatic heterocycles. The number of hydrogen-bond donors (Lipinski definition) is 0. The number of methoxy groups -OCH3 is 2. The van der Waals surface area contributed by atoms with Crippen LogP contribution in [0.1, 0.15) is 13.3 Å². The molecule has 0 amide bonds. The first-order chi connectivity index (χ1) is 5.60. The molecule has 3 heteroatoms. The van der Waals surface area contributed by atoms with Gasteiger partial charge in [0.1, 0.15) is 0 Å². The summed E-state index contributed by atoms with van der Waals surface area (Å²) in [6.07, 6.45) is 2.80. The second kappa shape index (κ2) is 5.73. The lowest BCUT2D eigenvalue weighted by atomic mass is 10.0. The average molecular weight is 237 g/mol. The first-order valence-electron chi connectivity index (χ1n) is 3.92. The van der Waals surface area contributed by atoms with Crippen molar-refractivity contribution in [1.29, 1.82) is 0 Å². The van der Waals surface area contributed by atoms with E-state index in [1.807, 2.05) is 13.0 Å². The zero-order valence-corrected chi connectivity index (χ0v) is 9.56. The van der Waals surface area contributed by atoms with Crippen molar-refractivity contribution in [3.8, 4) is 0 Å². The minimum Gasteiger partial charge on any atom is -0.383 e. The molecule has 2 atom stereocenters. The number of alkyl halides is 1. The third-order valence-electron chi connectivity index (χ3n) is 1.95. The third kappa shape index (κ3) is 3.25. The molecule has 0 aliphatic heterocycles. The molecule has 0 aromatic carbocycles. The summed E-state index contributed by atoms with van der Waals surface area (Å²) in [5.41, 5.74) is 0. The van der Waals surface area contributed by atoms with Crippen molar-refractivity contribution >= 4 is 15.9 Å². The minimum absolute atomic E-state index is 0.107. The van der Waals surface area contributed by atoms with Crippen LogP contribution in [0.25, 0.3) is 0 Å². The lowest BCUT2D eigenvalue weighted by Gasteiger charge is -2.30. The van der Waals surface area contributed by atoms with E-state index in [9.17, 15) is 0 Å². The molecule has 72 valence electrons. The second-order valence-electron chi connectivity index (χ2n) is 2.84. The Kier molecular flexibility index (Phi) is 5.80. The predicted octanol–water partition coefficient (Wildman–Crippen LogP) is 2.38. The topological polar surface area (TPSA) is 18.5 Å². The Balaban J connectivity index is 4.25. The third-order valence-corrected chi connectivity index (χ3v) is 3.15. The molecule has 0 rings (SSSR count). The van der Waals surface area contributed by atoms with Crippen molar-refractivity contribution in [2.45, 2.75) is 23.8 Å². The first-order valence-corrected chi connectivity index (χ1v) is 4.71. The molecule has 0 bridgehead atoms. The highest BCUT2D eigenvalue weighted by molar-refractivity contribution is 9.10. The SMILES string of the molecule is C=CCC(Br)(COC)C(C)OC. The van der Waals surface area contributed by atoms with E-state index in [0.29, 0.717) is 6.61 Å². The van der Waals surface area contributed by atoms with Crippen LogP contribution in [0.4, 0.5) is 0 Å². The molecule has 12 heavy (non-hydrogen) atoms. The number of rotatable bonds is 6. The molecular weight excluding hydrogens is 220 g/mol. The van der Waals surface area contributed by atoms with Gasteiger partial charge in [-0.05, 0) is 13.3 Å². The van der Waals surface area contributed by atoms with E-state index in [4.69, 9.17) is 9.47 Å². The van der Waals surface area contributed by atoms with Crippen molar-refractivity contribution in [2.24, 2.45) is 0 Å². The van der Waals surface area contributed by atoms with Crippen LogP contribution in [0, 0.1) is 0 Å². The predicted molar refractivity (Wildman–Crippen MR) is 54.8 cm³/mol. The normalized spacial score (nSPS) is 18.3. The Hall–Kier alpha value is 0.140. The largest absolute Gasteiger partial charge is 0.383 e. The van der Waals surface area contributed by atoms with Crippen molar-refractivity contribution in [2.75, 3.05) is 20.8 Å². The molecule has 0 radical (unpaired) electrons. The zero-order chi connectivity index (χ0) is 9.61. The van der Waals surface area contributed by atoms with Gasteiger partial charge >= 0.3 is 0 Å². The molecule has 2 unspecified atom stereocenters. The summed E-state index contributed by atoms with van der Waals surface area (Å²) in [5, 5.41) is 0. The Morgan fingerprint density at radius 2 is 2.17 bits per heavy atom. The maximum absolute atomic E-state index is 5.25. The molecule has 0 heterocycles. The second-order valence-corrected chi connectivity index (χ2v) is 4.42. The van der Waals surface area contributed by atoms with E-state index in [2.05, 4.69) is 22.5 Å². The number of allylic oxidation sites excluding steroid dienone is 1. The number of hydrogen-bond acceptors (Lipinski definition) is 2. The smallest absolute Gasteiger partial charge is 0.0782 e. The molecule has 2 nitrogen and oxygen atoms in total. The molecule has 0 N–H and O–H groups in total. The fraction of sp³-hybridized carbons (Fsp3) is 0.778. The van der Waals surface area contributed by atoms with Crippen molar-refractivity contribution in [3.63, 3.8) is 0 Å². The van der Waals surface area contributed by atoms with Gasteiger partial charge < -0.3 is 9.47 Å². The van der Waals surface area contributed by atoms with Gasteiger partial charge in [0.15, 0.2) is 0 Å².